The number of aliphatic hydroxyl groups excluding tert-OH is 4. The summed E-state index contributed by atoms with van der Waals surface area (Å²) in [4.78, 5) is 2.02. The molecule has 2 fully saturated rings. The predicted octanol–water partition coefficient (Wildman–Crippen LogP) is -1.99. The lowest BCUT2D eigenvalue weighted by atomic mass is 9.79. The number of piperidine rings is 1. The molecule has 15 heavy (non-hydrogen) atoms. The molecular formula is C10H19NO4. The van der Waals surface area contributed by atoms with Crippen molar-refractivity contribution in [1.82, 2.24) is 4.90 Å². The summed E-state index contributed by atoms with van der Waals surface area (Å²) >= 11 is 0. The topological polar surface area (TPSA) is 84.2 Å². The molecule has 0 aliphatic carbocycles. The van der Waals surface area contributed by atoms with Crippen LogP contribution in [0.4, 0.5) is 0 Å². The van der Waals surface area contributed by atoms with Crippen LogP contribution in [0.1, 0.15) is 6.42 Å². The first-order valence-corrected chi connectivity index (χ1v) is 5.51. The Labute approximate surface area is 88.9 Å². The maximum absolute atomic E-state index is 9.82. The fourth-order valence-corrected chi connectivity index (χ4v) is 2.99. The van der Waals surface area contributed by atoms with E-state index in [2.05, 4.69) is 0 Å². The van der Waals surface area contributed by atoms with Crippen LogP contribution in [0.25, 0.3) is 0 Å². The summed E-state index contributed by atoms with van der Waals surface area (Å²) in [6, 6.07) is -0.198. The fourth-order valence-electron chi connectivity index (χ4n) is 2.99. The number of aliphatic hydroxyl groups is 4. The Kier molecular flexibility index (Phi) is 3.27. The highest BCUT2D eigenvalue weighted by atomic mass is 16.3. The molecule has 0 unspecified atom stereocenters. The molecule has 5 atom stereocenters. The smallest absolute Gasteiger partial charge is 0.0970 e. The van der Waals surface area contributed by atoms with E-state index in [1.54, 1.807) is 0 Å². The largest absolute Gasteiger partial charge is 0.396 e. The Hall–Kier alpha value is -0.200. The number of hydrogen-bond acceptors (Lipinski definition) is 5. The van der Waals surface area contributed by atoms with Crippen LogP contribution in [0.15, 0.2) is 0 Å². The van der Waals surface area contributed by atoms with Gasteiger partial charge in [-0.2, -0.15) is 0 Å². The van der Waals surface area contributed by atoms with Gasteiger partial charge in [-0.05, 0) is 18.9 Å². The zero-order valence-corrected chi connectivity index (χ0v) is 8.66. The zero-order chi connectivity index (χ0) is 11.0. The summed E-state index contributed by atoms with van der Waals surface area (Å²) in [5.74, 6) is -0.0906. The first-order valence-electron chi connectivity index (χ1n) is 5.51. The van der Waals surface area contributed by atoms with E-state index < -0.39 is 12.2 Å². The predicted molar refractivity (Wildman–Crippen MR) is 53.1 cm³/mol. The Bertz CT molecular complexity index is 225. The first-order chi connectivity index (χ1) is 7.19. The highest BCUT2D eigenvalue weighted by molar-refractivity contribution is 5.01. The Morgan fingerprint density at radius 3 is 2.47 bits per heavy atom. The van der Waals surface area contributed by atoms with E-state index in [0.717, 1.165) is 13.0 Å². The molecule has 0 saturated carbocycles. The molecule has 0 aromatic heterocycles. The summed E-state index contributed by atoms with van der Waals surface area (Å²) in [7, 11) is 0. The SMILES string of the molecule is OC[C@H]1CCN2C[C@@H](O)[C@@H](O)[C@H]2[C@H]1CO. The van der Waals surface area contributed by atoms with Gasteiger partial charge in [-0.15, -0.1) is 0 Å². The van der Waals surface area contributed by atoms with Crippen molar-refractivity contribution in [2.24, 2.45) is 11.8 Å². The molecule has 2 aliphatic heterocycles. The molecule has 2 heterocycles. The van der Waals surface area contributed by atoms with Crippen LogP contribution in [0, 0.1) is 11.8 Å². The monoisotopic (exact) mass is 217 g/mol. The Balaban J connectivity index is 2.15. The third-order valence-corrected chi connectivity index (χ3v) is 3.86. The van der Waals surface area contributed by atoms with E-state index in [4.69, 9.17) is 0 Å². The molecule has 0 spiro atoms. The highest BCUT2D eigenvalue weighted by Gasteiger charge is 2.48. The van der Waals surface area contributed by atoms with Gasteiger partial charge in [0.15, 0.2) is 0 Å². The van der Waals surface area contributed by atoms with E-state index in [1.807, 2.05) is 4.90 Å². The van der Waals surface area contributed by atoms with Gasteiger partial charge in [-0.25, -0.2) is 0 Å². The van der Waals surface area contributed by atoms with E-state index in [1.165, 1.54) is 0 Å². The molecule has 2 aliphatic rings. The van der Waals surface area contributed by atoms with Crippen LogP contribution in [0.2, 0.25) is 0 Å². The molecule has 0 amide bonds. The molecule has 5 heteroatoms. The third kappa shape index (κ3) is 1.79. The average molecular weight is 217 g/mol. The van der Waals surface area contributed by atoms with Crippen molar-refractivity contribution in [2.75, 3.05) is 26.3 Å². The molecule has 2 saturated heterocycles. The number of nitrogens with zero attached hydrogens (tertiary/aromatic N) is 1. The van der Waals surface area contributed by atoms with E-state index in [0.29, 0.717) is 6.54 Å². The summed E-state index contributed by atoms with van der Waals surface area (Å²) in [6.07, 6.45) is -0.699. The highest BCUT2D eigenvalue weighted by Crippen LogP contribution is 2.35. The van der Waals surface area contributed by atoms with Crippen LogP contribution in [-0.2, 0) is 0 Å². The molecule has 0 aromatic rings. The van der Waals surface area contributed by atoms with Crippen molar-refractivity contribution in [1.29, 1.82) is 0 Å². The normalized spacial score (nSPS) is 46.8. The molecule has 88 valence electrons. The van der Waals surface area contributed by atoms with Gasteiger partial charge in [0.1, 0.15) is 0 Å². The van der Waals surface area contributed by atoms with E-state index >= 15 is 0 Å². The number of rotatable bonds is 2. The minimum absolute atomic E-state index is 0.0381. The lowest BCUT2D eigenvalue weighted by Gasteiger charge is -2.41. The summed E-state index contributed by atoms with van der Waals surface area (Å²) in [5, 5.41) is 37.9. The van der Waals surface area contributed by atoms with Gasteiger partial charge < -0.3 is 20.4 Å². The molecule has 0 bridgehead atoms. The molecule has 0 radical (unpaired) electrons. The quantitative estimate of drug-likeness (QED) is 0.430. The second kappa shape index (κ2) is 4.35. The second-order valence-electron chi connectivity index (χ2n) is 4.62. The number of fused-ring (bicyclic) bond motifs is 1. The molecule has 0 aromatic carbocycles. The first kappa shape index (κ1) is 11.3. The Morgan fingerprint density at radius 2 is 1.87 bits per heavy atom. The van der Waals surface area contributed by atoms with Crippen LogP contribution < -0.4 is 0 Å². The standard InChI is InChI=1S/C10H19NO4/c12-4-6-1-2-11-3-8(14)10(15)9(11)7(6)5-13/h6-10,12-15H,1-5H2/t6-,7+,8-,9-,10-/m1/s1. The minimum atomic E-state index is -0.795. The summed E-state index contributed by atoms with van der Waals surface area (Å²) < 4.78 is 0. The van der Waals surface area contributed by atoms with Crippen LogP contribution in [-0.4, -0.2) is 69.9 Å². The zero-order valence-electron chi connectivity index (χ0n) is 8.66. The third-order valence-electron chi connectivity index (χ3n) is 3.86. The minimum Gasteiger partial charge on any atom is -0.396 e. The molecule has 4 N–H and O–H groups in total. The lowest BCUT2D eigenvalue weighted by molar-refractivity contribution is -0.0355. The van der Waals surface area contributed by atoms with Crippen LogP contribution in [0.3, 0.4) is 0 Å². The van der Waals surface area contributed by atoms with Crippen molar-refractivity contribution in [2.45, 2.75) is 24.7 Å². The molecule has 2 rings (SSSR count). The van der Waals surface area contributed by atoms with Crippen molar-refractivity contribution in [3.63, 3.8) is 0 Å². The van der Waals surface area contributed by atoms with Gasteiger partial charge in [0, 0.05) is 31.7 Å². The van der Waals surface area contributed by atoms with Gasteiger partial charge in [-0.1, -0.05) is 0 Å². The van der Waals surface area contributed by atoms with Gasteiger partial charge in [0.25, 0.3) is 0 Å². The van der Waals surface area contributed by atoms with Crippen molar-refractivity contribution >= 4 is 0 Å². The van der Waals surface area contributed by atoms with Gasteiger partial charge in [0.05, 0.1) is 12.2 Å². The van der Waals surface area contributed by atoms with Crippen molar-refractivity contribution in [3.05, 3.63) is 0 Å². The molecule has 5 nitrogen and oxygen atoms in total. The van der Waals surface area contributed by atoms with E-state index in [9.17, 15) is 20.4 Å². The van der Waals surface area contributed by atoms with Crippen molar-refractivity contribution < 1.29 is 20.4 Å². The van der Waals surface area contributed by atoms with Crippen LogP contribution >= 0.6 is 0 Å². The lowest BCUT2D eigenvalue weighted by Crippen LogP contribution is -2.51. The van der Waals surface area contributed by atoms with Gasteiger partial charge in [-0.3, -0.25) is 4.90 Å². The summed E-state index contributed by atoms with van der Waals surface area (Å²) in [5.41, 5.74) is 0. The second-order valence-corrected chi connectivity index (χ2v) is 4.62. The van der Waals surface area contributed by atoms with Gasteiger partial charge >= 0.3 is 0 Å². The number of hydrogen-bond donors (Lipinski definition) is 4. The van der Waals surface area contributed by atoms with Crippen LogP contribution in [0.5, 0.6) is 0 Å². The van der Waals surface area contributed by atoms with E-state index in [-0.39, 0.29) is 31.1 Å². The maximum atomic E-state index is 9.82. The average Bonchev–Trinajstić information content (AvgIpc) is 2.54. The molecular weight excluding hydrogens is 198 g/mol. The summed E-state index contributed by atoms with van der Waals surface area (Å²) in [6.45, 7) is 1.25. The maximum Gasteiger partial charge on any atom is 0.0970 e. The fraction of sp³-hybridized carbons (Fsp3) is 1.00. The van der Waals surface area contributed by atoms with Crippen molar-refractivity contribution in [3.8, 4) is 0 Å². The Morgan fingerprint density at radius 1 is 1.13 bits per heavy atom. The van der Waals surface area contributed by atoms with Gasteiger partial charge in [0.2, 0.25) is 0 Å².